The van der Waals surface area contributed by atoms with Gasteiger partial charge in [0.05, 0.1) is 6.61 Å². The Morgan fingerprint density at radius 3 is 2.78 bits per heavy atom. The van der Waals surface area contributed by atoms with Crippen molar-refractivity contribution < 1.29 is 4.74 Å². The molecule has 0 aromatic carbocycles. The van der Waals surface area contributed by atoms with Crippen molar-refractivity contribution in [1.29, 1.82) is 0 Å². The Hall–Kier alpha value is -0.770. The summed E-state index contributed by atoms with van der Waals surface area (Å²) in [4.78, 5) is 6.35. The van der Waals surface area contributed by atoms with Gasteiger partial charge in [-0.15, -0.1) is 10.2 Å². The molecule has 2 rings (SSSR count). The number of aromatic nitrogens is 4. The molecule has 0 saturated carbocycles. The summed E-state index contributed by atoms with van der Waals surface area (Å²) in [5.74, 6) is 0.821. The van der Waals surface area contributed by atoms with Crippen LogP contribution in [0.1, 0.15) is 5.82 Å². The largest absolute Gasteiger partial charge is 0.384 e. The van der Waals surface area contributed by atoms with Gasteiger partial charge in [-0.3, -0.25) is 0 Å². The third kappa shape index (κ3) is 3.61. The predicted molar refractivity (Wildman–Crippen MR) is 73.8 cm³/mol. The first-order chi connectivity index (χ1) is 8.69. The number of rotatable bonds is 6. The number of anilines is 1. The van der Waals surface area contributed by atoms with E-state index in [9.17, 15) is 0 Å². The Labute approximate surface area is 118 Å². The Bertz CT molecular complexity index is 498. The number of methoxy groups -OCH3 is 1. The van der Waals surface area contributed by atoms with Gasteiger partial charge in [0.2, 0.25) is 5.13 Å². The fourth-order valence-electron chi connectivity index (χ4n) is 1.07. The van der Waals surface area contributed by atoms with Crippen molar-refractivity contribution in [2.75, 3.05) is 32.7 Å². The molecule has 2 heterocycles. The number of nitrogens with zero attached hydrogens (tertiary/aromatic N) is 5. The molecule has 0 aliphatic rings. The molecule has 2 aromatic heterocycles. The molecule has 0 aliphatic heterocycles. The van der Waals surface area contributed by atoms with Crippen LogP contribution in [0.15, 0.2) is 8.68 Å². The lowest BCUT2D eigenvalue weighted by Gasteiger charge is -2.03. The first-order valence-corrected chi connectivity index (χ1v) is 7.60. The smallest absolute Gasteiger partial charge is 0.208 e. The number of hydrogen-bond acceptors (Lipinski definition) is 9. The first-order valence-electron chi connectivity index (χ1n) is 5.19. The molecule has 2 aromatic rings. The van der Waals surface area contributed by atoms with Crippen molar-refractivity contribution in [1.82, 2.24) is 19.6 Å². The van der Waals surface area contributed by atoms with Gasteiger partial charge in [0.15, 0.2) is 8.68 Å². The van der Waals surface area contributed by atoms with Gasteiger partial charge in [-0.25, -0.2) is 4.98 Å². The van der Waals surface area contributed by atoms with Gasteiger partial charge in [-0.2, -0.15) is 4.37 Å². The second-order valence-corrected chi connectivity index (χ2v) is 6.77. The van der Waals surface area contributed by atoms with Crippen LogP contribution in [0.4, 0.5) is 5.13 Å². The minimum Gasteiger partial charge on any atom is -0.384 e. The number of ether oxygens (including phenoxy) is 1. The van der Waals surface area contributed by atoms with Gasteiger partial charge in [0, 0.05) is 27.6 Å². The van der Waals surface area contributed by atoms with E-state index in [0.29, 0.717) is 6.61 Å². The highest BCUT2D eigenvalue weighted by Gasteiger charge is 2.11. The SMILES string of the molecule is COCCc1nsc(Sc2nnc(N(C)C)s2)n1. The van der Waals surface area contributed by atoms with Gasteiger partial charge in [0.25, 0.3) is 0 Å². The van der Waals surface area contributed by atoms with E-state index in [0.717, 1.165) is 26.1 Å². The lowest BCUT2D eigenvalue weighted by molar-refractivity contribution is 0.200. The van der Waals surface area contributed by atoms with E-state index in [2.05, 4.69) is 19.6 Å². The Kier molecular flexibility index (Phi) is 4.87. The molecule has 0 unspecified atom stereocenters. The monoisotopic (exact) mass is 303 g/mol. The second kappa shape index (κ2) is 6.41. The number of hydrogen-bond donors (Lipinski definition) is 0. The van der Waals surface area contributed by atoms with Crippen LogP contribution in [0, 0.1) is 0 Å². The van der Waals surface area contributed by atoms with Crippen LogP contribution >= 0.6 is 34.6 Å². The first kappa shape index (κ1) is 13.7. The minimum absolute atomic E-state index is 0.643. The van der Waals surface area contributed by atoms with Crippen molar-refractivity contribution in [3.8, 4) is 0 Å². The Morgan fingerprint density at radius 1 is 1.28 bits per heavy atom. The van der Waals surface area contributed by atoms with Crippen LogP contribution in [0.5, 0.6) is 0 Å². The molecule has 6 nitrogen and oxygen atoms in total. The van der Waals surface area contributed by atoms with Crippen molar-refractivity contribution in [2.24, 2.45) is 0 Å². The maximum atomic E-state index is 4.99. The summed E-state index contributed by atoms with van der Waals surface area (Å²) in [6, 6.07) is 0. The van der Waals surface area contributed by atoms with Crippen LogP contribution in [0.3, 0.4) is 0 Å². The molecule has 0 bridgehead atoms. The molecule has 9 heteroatoms. The van der Waals surface area contributed by atoms with E-state index in [1.807, 2.05) is 19.0 Å². The quantitative estimate of drug-likeness (QED) is 0.806. The van der Waals surface area contributed by atoms with E-state index < -0.39 is 0 Å². The van der Waals surface area contributed by atoms with Crippen LogP contribution in [0.2, 0.25) is 0 Å². The highest BCUT2D eigenvalue weighted by atomic mass is 32.2. The molecule has 0 amide bonds. The molecule has 0 radical (unpaired) electrons. The van der Waals surface area contributed by atoms with E-state index in [1.54, 1.807) is 18.4 Å². The average Bonchev–Trinajstić information content (AvgIpc) is 2.96. The van der Waals surface area contributed by atoms with Gasteiger partial charge in [-0.05, 0) is 23.3 Å². The van der Waals surface area contributed by atoms with E-state index in [4.69, 9.17) is 4.74 Å². The molecule has 0 spiro atoms. The van der Waals surface area contributed by atoms with E-state index >= 15 is 0 Å². The molecule has 0 fully saturated rings. The maximum absolute atomic E-state index is 4.99. The molecule has 98 valence electrons. The lowest BCUT2D eigenvalue weighted by Crippen LogP contribution is -2.07. The summed E-state index contributed by atoms with van der Waals surface area (Å²) < 4.78 is 11.0. The van der Waals surface area contributed by atoms with Gasteiger partial charge < -0.3 is 9.64 Å². The van der Waals surface area contributed by atoms with Crippen LogP contribution in [0.25, 0.3) is 0 Å². The zero-order valence-corrected chi connectivity index (χ0v) is 12.7. The van der Waals surface area contributed by atoms with Gasteiger partial charge in [-0.1, -0.05) is 11.3 Å². The van der Waals surface area contributed by atoms with E-state index in [-0.39, 0.29) is 0 Å². The van der Waals surface area contributed by atoms with Crippen LogP contribution < -0.4 is 4.90 Å². The predicted octanol–water partition coefficient (Wildman–Crippen LogP) is 1.80. The fraction of sp³-hybridized carbons (Fsp3) is 0.556. The third-order valence-electron chi connectivity index (χ3n) is 1.93. The molecule has 0 saturated heterocycles. The summed E-state index contributed by atoms with van der Waals surface area (Å²) in [7, 11) is 5.57. The van der Waals surface area contributed by atoms with Gasteiger partial charge in [0.1, 0.15) is 5.82 Å². The topological polar surface area (TPSA) is 64.0 Å². The minimum atomic E-state index is 0.643. The Morgan fingerprint density at radius 2 is 2.11 bits per heavy atom. The zero-order chi connectivity index (χ0) is 13.0. The van der Waals surface area contributed by atoms with Crippen molar-refractivity contribution in [2.45, 2.75) is 15.1 Å². The average molecular weight is 303 g/mol. The van der Waals surface area contributed by atoms with Crippen LogP contribution in [-0.2, 0) is 11.2 Å². The summed E-state index contributed by atoms with van der Waals surface area (Å²) in [5.41, 5.74) is 0. The fourth-order valence-corrected chi connectivity index (χ4v) is 3.70. The van der Waals surface area contributed by atoms with Crippen molar-refractivity contribution in [3.63, 3.8) is 0 Å². The maximum Gasteiger partial charge on any atom is 0.208 e. The summed E-state index contributed by atoms with van der Waals surface area (Å²) in [6.07, 6.45) is 0.743. The summed E-state index contributed by atoms with van der Waals surface area (Å²) >= 11 is 4.43. The molecule has 18 heavy (non-hydrogen) atoms. The molecule has 0 aliphatic carbocycles. The summed E-state index contributed by atoms with van der Waals surface area (Å²) in [6.45, 7) is 0.643. The highest BCUT2D eigenvalue weighted by Crippen LogP contribution is 2.33. The van der Waals surface area contributed by atoms with Crippen LogP contribution in [-0.4, -0.2) is 47.4 Å². The standard InChI is InChI=1S/C9H13N5OS3/c1-14(2)7-11-12-9(16-7)17-8-10-6(13-18-8)4-5-15-3/h4-5H2,1-3H3. The highest BCUT2D eigenvalue weighted by molar-refractivity contribution is 8.02. The second-order valence-electron chi connectivity index (χ2n) is 3.57. The summed E-state index contributed by atoms with van der Waals surface area (Å²) in [5, 5.41) is 9.08. The Balaban J connectivity index is 1.97. The zero-order valence-electron chi connectivity index (χ0n) is 10.3. The molecular weight excluding hydrogens is 290 g/mol. The van der Waals surface area contributed by atoms with E-state index in [1.165, 1.54) is 23.3 Å². The van der Waals surface area contributed by atoms with Gasteiger partial charge >= 0.3 is 0 Å². The molecule has 0 atom stereocenters. The molecule has 0 N–H and O–H groups in total. The normalized spacial score (nSPS) is 10.8. The third-order valence-corrected chi connectivity index (χ3v) is 4.86. The van der Waals surface area contributed by atoms with Crippen molar-refractivity contribution in [3.05, 3.63) is 5.82 Å². The van der Waals surface area contributed by atoms with Crippen molar-refractivity contribution >= 4 is 39.8 Å². The lowest BCUT2D eigenvalue weighted by atomic mass is 10.4. The molecular formula is C9H13N5OS3.